The number of carbonyl (C=O) groups excluding carboxylic acids is 1. The highest BCUT2D eigenvalue weighted by Crippen LogP contribution is 2.33. The van der Waals surface area contributed by atoms with Gasteiger partial charge in [-0.15, -0.1) is 0 Å². The van der Waals surface area contributed by atoms with Crippen LogP contribution in [0.15, 0.2) is 36.5 Å². The number of hydrogen-bond donors (Lipinski definition) is 1. The van der Waals surface area contributed by atoms with Crippen molar-refractivity contribution in [3.05, 3.63) is 47.7 Å². The van der Waals surface area contributed by atoms with Crippen LogP contribution in [0.3, 0.4) is 0 Å². The molecule has 2 aliphatic rings. The van der Waals surface area contributed by atoms with Crippen LogP contribution in [0.1, 0.15) is 30.4 Å². The van der Waals surface area contributed by atoms with Crippen LogP contribution in [-0.2, 0) is 11.2 Å². The quantitative estimate of drug-likeness (QED) is 0.940. The van der Waals surface area contributed by atoms with Gasteiger partial charge in [0.15, 0.2) is 0 Å². The van der Waals surface area contributed by atoms with Crippen LogP contribution in [0.5, 0.6) is 5.75 Å². The minimum atomic E-state index is 0.0316. The Morgan fingerprint density at radius 3 is 2.96 bits per heavy atom. The molecule has 2 aromatic rings. The monoisotopic (exact) mass is 322 g/mol. The van der Waals surface area contributed by atoms with E-state index in [2.05, 4.69) is 35.4 Å². The Morgan fingerprint density at radius 2 is 2.21 bits per heavy atom. The lowest BCUT2D eigenvalue weighted by molar-refractivity contribution is -0.127. The number of carbonyl (C=O) groups is 1. The summed E-state index contributed by atoms with van der Waals surface area (Å²) in [6.45, 7) is 2.66. The first-order chi connectivity index (χ1) is 11.7. The van der Waals surface area contributed by atoms with E-state index in [9.17, 15) is 4.79 Å². The molecule has 1 aliphatic carbocycles. The molecule has 0 bridgehead atoms. The molecule has 0 unspecified atom stereocenters. The van der Waals surface area contributed by atoms with Crippen molar-refractivity contribution >= 4 is 5.91 Å². The maximum absolute atomic E-state index is 12.0. The van der Waals surface area contributed by atoms with Crippen molar-refractivity contribution in [1.82, 2.24) is 10.3 Å². The first kappa shape index (κ1) is 15.2. The van der Waals surface area contributed by atoms with E-state index in [1.54, 1.807) is 0 Å². The Bertz CT molecular complexity index is 768. The average Bonchev–Trinajstić information content (AvgIpc) is 2.93. The largest absolute Gasteiger partial charge is 0.488 e. The van der Waals surface area contributed by atoms with Crippen LogP contribution in [0, 0.1) is 12.8 Å². The number of rotatable bonds is 4. The van der Waals surface area contributed by atoms with Crippen molar-refractivity contribution in [3.8, 4) is 17.0 Å². The highest BCUT2D eigenvalue weighted by atomic mass is 16.5. The van der Waals surface area contributed by atoms with Gasteiger partial charge in [-0.25, -0.2) is 0 Å². The summed E-state index contributed by atoms with van der Waals surface area (Å²) in [5, 5.41) is 3.04. The van der Waals surface area contributed by atoms with Crippen LogP contribution >= 0.6 is 0 Å². The SMILES string of the molecule is Cc1cccnc1-c1ccc2c(c1)C[C@@H](CNC(=O)C1CCC1)O2. The fourth-order valence-corrected chi connectivity index (χ4v) is 3.40. The molecule has 0 spiro atoms. The summed E-state index contributed by atoms with van der Waals surface area (Å²) in [4.78, 5) is 16.4. The smallest absolute Gasteiger partial charge is 0.223 e. The molecule has 1 aromatic heterocycles. The Hall–Kier alpha value is -2.36. The second-order valence-corrected chi connectivity index (χ2v) is 6.81. The van der Waals surface area contributed by atoms with E-state index in [4.69, 9.17) is 4.74 Å². The predicted molar refractivity (Wildman–Crippen MR) is 92.9 cm³/mol. The van der Waals surface area contributed by atoms with Gasteiger partial charge >= 0.3 is 0 Å². The number of aromatic nitrogens is 1. The van der Waals surface area contributed by atoms with Gasteiger partial charge in [0.05, 0.1) is 12.2 Å². The molecular formula is C20H22N2O2. The Morgan fingerprint density at radius 1 is 1.33 bits per heavy atom. The van der Waals surface area contributed by atoms with Crippen LogP contribution < -0.4 is 10.1 Å². The molecule has 0 saturated heterocycles. The van der Waals surface area contributed by atoms with Gasteiger partial charge in [-0.3, -0.25) is 9.78 Å². The van der Waals surface area contributed by atoms with E-state index < -0.39 is 0 Å². The van der Waals surface area contributed by atoms with Gasteiger partial charge in [-0.1, -0.05) is 12.5 Å². The molecule has 1 N–H and O–H groups in total. The summed E-state index contributed by atoms with van der Waals surface area (Å²) < 4.78 is 5.97. The molecule has 0 radical (unpaired) electrons. The third kappa shape index (κ3) is 2.88. The summed E-state index contributed by atoms with van der Waals surface area (Å²) in [5.74, 6) is 1.34. The van der Waals surface area contributed by atoms with E-state index >= 15 is 0 Å². The molecular weight excluding hydrogens is 300 g/mol. The molecule has 124 valence electrons. The van der Waals surface area contributed by atoms with Gasteiger partial charge in [0.25, 0.3) is 0 Å². The first-order valence-electron chi connectivity index (χ1n) is 8.70. The minimum absolute atomic E-state index is 0.0316. The lowest BCUT2D eigenvalue weighted by atomic mass is 9.85. The molecule has 1 saturated carbocycles. The van der Waals surface area contributed by atoms with Crippen LogP contribution in [0.25, 0.3) is 11.3 Å². The summed E-state index contributed by atoms with van der Waals surface area (Å²) >= 11 is 0. The summed E-state index contributed by atoms with van der Waals surface area (Å²) in [6, 6.07) is 10.3. The zero-order valence-electron chi connectivity index (χ0n) is 13.9. The molecule has 2 heterocycles. The van der Waals surface area contributed by atoms with Gasteiger partial charge in [0.1, 0.15) is 11.9 Å². The molecule has 1 aliphatic heterocycles. The first-order valence-corrected chi connectivity index (χ1v) is 8.70. The summed E-state index contributed by atoms with van der Waals surface area (Å²) in [5.41, 5.74) is 4.50. The molecule has 1 atom stereocenters. The topological polar surface area (TPSA) is 51.2 Å². The molecule has 1 amide bonds. The number of benzene rings is 1. The summed E-state index contributed by atoms with van der Waals surface area (Å²) in [6.07, 6.45) is 5.93. The minimum Gasteiger partial charge on any atom is -0.488 e. The third-order valence-corrected chi connectivity index (χ3v) is 5.06. The number of amides is 1. The van der Waals surface area contributed by atoms with Crippen LogP contribution in [-0.4, -0.2) is 23.5 Å². The fourth-order valence-electron chi connectivity index (χ4n) is 3.40. The molecule has 24 heavy (non-hydrogen) atoms. The van der Waals surface area contributed by atoms with E-state index in [1.807, 2.05) is 18.3 Å². The van der Waals surface area contributed by atoms with Gasteiger partial charge in [0.2, 0.25) is 5.91 Å². The highest BCUT2D eigenvalue weighted by molar-refractivity contribution is 5.79. The molecule has 1 fully saturated rings. The number of nitrogens with zero attached hydrogens (tertiary/aromatic N) is 1. The van der Waals surface area contributed by atoms with E-state index in [0.717, 1.165) is 36.3 Å². The van der Waals surface area contributed by atoms with E-state index in [0.29, 0.717) is 6.54 Å². The number of fused-ring (bicyclic) bond motifs is 1. The zero-order valence-corrected chi connectivity index (χ0v) is 13.9. The fraction of sp³-hybridized carbons (Fsp3) is 0.400. The van der Waals surface area contributed by atoms with E-state index in [-0.39, 0.29) is 17.9 Å². The van der Waals surface area contributed by atoms with Gasteiger partial charge < -0.3 is 10.1 Å². The second kappa shape index (κ2) is 6.27. The standard InChI is InChI=1S/C20H22N2O2/c1-13-4-3-9-21-19(13)15-7-8-18-16(10-15)11-17(24-18)12-22-20(23)14-5-2-6-14/h3-4,7-10,14,17H,2,5-6,11-12H2,1H3,(H,22,23)/t17-/m0/s1. The maximum Gasteiger partial charge on any atom is 0.223 e. The normalized spacial score (nSPS) is 19.3. The number of hydrogen-bond acceptors (Lipinski definition) is 3. The number of pyridine rings is 1. The lowest BCUT2D eigenvalue weighted by Gasteiger charge is -2.24. The van der Waals surface area contributed by atoms with Gasteiger partial charge in [0, 0.05) is 24.1 Å². The number of nitrogens with one attached hydrogen (secondary N) is 1. The van der Waals surface area contributed by atoms with Crippen molar-refractivity contribution in [2.45, 2.75) is 38.7 Å². The van der Waals surface area contributed by atoms with Crippen LogP contribution in [0.2, 0.25) is 0 Å². The van der Waals surface area contributed by atoms with Gasteiger partial charge in [-0.2, -0.15) is 0 Å². The predicted octanol–water partition coefficient (Wildman–Crippen LogP) is 3.28. The number of ether oxygens (including phenoxy) is 1. The average molecular weight is 322 g/mol. The molecule has 4 nitrogen and oxygen atoms in total. The summed E-state index contributed by atoms with van der Waals surface area (Å²) in [7, 11) is 0. The Labute approximate surface area is 142 Å². The Balaban J connectivity index is 1.43. The second-order valence-electron chi connectivity index (χ2n) is 6.81. The lowest BCUT2D eigenvalue weighted by Crippen LogP contribution is -2.40. The van der Waals surface area contributed by atoms with Crippen molar-refractivity contribution in [1.29, 1.82) is 0 Å². The van der Waals surface area contributed by atoms with Gasteiger partial charge in [-0.05, 0) is 55.2 Å². The maximum atomic E-state index is 12.0. The highest BCUT2D eigenvalue weighted by Gasteiger charge is 2.28. The van der Waals surface area contributed by atoms with Crippen molar-refractivity contribution in [2.75, 3.05) is 6.54 Å². The van der Waals surface area contributed by atoms with Crippen molar-refractivity contribution in [2.24, 2.45) is 5.92 Å². The van der Waals surface area contributed by atoms with Crippen molar-refractivity contribution in [3.63, 3.8) is 0 Å². The zero-order chi connectivity index (χ0) is 16.5. The molecule has 4 heteroatoms. The number of aryl methyl sites for hydroxylation is 1. The third-order valence-electron chi connectivity index (χ3n) is 5.06. The molecule has 4 rings (SSSR count). The van der Waals surface area contributed by atoms with Crippen LogP contribution in [0.4, 0.5) is 0 Å². The van der Waals surface area contributed by atoms with Crippen molar-refractivity contribution < 1.29 is 9.53 Å². The molecule has 1 aromatic carbocycles. The van der Waals surface area contributed by atoms with E-state index in [1.165, 1.54) is 17.5 Å². The Kier molecular flexibility index (Phi) is 3.97.